The van der Waals surface area contributed by atoms with E-state index < -0.39 is 23.6 Å². The van der Waals surface area contributed by atoms with Crippen molar-refractivity contribution >= 4 is 12.2 Å². The van der Waals surface area contributed by atoms with E-state index in [9.17, 15) is 14.7 Å². The zero-order valence-corrected chi connectivity index (χ0v) is 16.0. The predicted molar refractivity (Wildman–Crippen MR) is 95.5 cm³/mol. The van der Waals surface area contributed by atoms with Gasteiger partial charge in [-0.3, -0.25) is 4.79 Å². The van der Waals surface area contributed by atoms with Crippen molar-refractivity contribution in [1.29, 1.82) is 0 Å². The first-order valence-electron chi connectivity index (χ1n) is 9.22. The van der Waals surface area contributed by atoms with Gasteiger partial charge in [0.1, 0.15) is 12.3 Å². The molecule has 3 atom stereocenters. The summed E-state index contributed by atoms with van der Waals surface area (Å²) in [5.74, 6) is -0.193. The predicted octanol–water partition coefficient (Wildman–Crippen LogP) is 0.277. The van der Waals surface area contributed by atoms with E-state index in [0.29, 0.717) is 6.42 Å². The van der Waals surface area contributed by atoms with Crippen molar-refractivity contribution in [1.82, 2.24) is 25.2 Å². The van der Waals surface area contributed by atoms with E-state index in [1.54, 1.807) is 4.68 Å². The van der Waals surface area contributed by atoms with Gasteiger partial charge in [-0.15, -0.1) is 5.10 Å². The first-order valence-corrected chi connectivity index (χ1v) is 9.22. The Balaban J connectivity index is 1.89. The van der Waals surface area contributed by atoms with Crippen LogP contribution in [0.15, 0.2) is 6.20 Å². The van der Waals surface area contributed by atoms with Gasteiger partial charge in [0.15, 0.2) is 0 Å². The molecule has 1 saturated carbocycles. The second-order valence-electron chi connectivity index (χ2n) is 8.75. The molecule has 1 aromatic heterocycles. The van der Waals surface area contributed by atoms with E-state index in [1.165, 1.54) is 4.90 Å². The van der Waals surface area contributed by atoms with Gasteiger partial charge in [0, 0.05) is 31.1 Å². The van der Waals surface area contributed by atoms with Crippen molar-refractivity contribution in [3.63, 3.8) is 0 Å². The van der Waals surface area contributed by atoms with Crippen molar-refractivity contribution in [3.8, 4) is 0 Å². The number of nitrogens with one attached hydrogen (secondary N) is 1. The number of rotatable bonds is 6. The number of carbonyl (C=O) groups excluding carboxylic acids is 2. The molecule has 1 amide bonds. The van der Waals surface area contributed by atoms with Crippen LogP contribution < -0.4 is 5.32 Å². The number of likely N-dealkylation sites (N-methyl/N-ethyl adjacent to an activating group) is 1. The summed E-state index contributed by atoms with van der Waals surface area (Å²) in [4.78, 5) is 26.1. The van der Waals surface area contributed by atoms with Crippen LogP contribution >= 0.6 is 0 Å². The highest BCUT2D eigenvalue weighted by molar-refractivity contribution is 5.84. The average Bonchev–Trinajstić information content (AvgIpc) is 3.01. The van der Waals surface area contributed by atoms with Gasteiger partial charge in [-0.1, -0.05) is 26.0 Å². The maximum absolute atomic E-state index is 13.3. The summed E-state index contributed by atoms with van der Waals surface area (Å²) in [6.45, 7) is 6.94. The minimum absolute atomic E-state index is 0.0215. The number of aldehydes is 1. The lowest BCUT2D eigenvalue weighted by molar-refractivity contribution is -0.141. The molecular weight excluding hydrogens is 334 g/mol. The van der Waals surface area contributed by atoms with Crippen LogP contribution in [0, 0.1) is 5.41 Å². The smallest absolute Gasteiger partial charge is 0.248 e. The highest BCUT2D eigenvalue weighted by atomic mass is 16.3. The van der Waals surface area contributed by atoms with Crippen LogP contribution in [0.25, 0.3) is 0 Å². The quantitative estimate of drug-likeness (QED) is 0.704. The van der Waals surface area contributed by atoms with Crippen molar-refractivity contribution < 1.29 is 14.7 Å². The Kier molecular flexibility index (Phi) is 4.92. The number of aliphatic hydroxyl groups is 1. The summed E-state index contributed by atoms with van der Waals surface area (Å²) < 4.78 is 1.64. The van der Waals surface area contributed by atoms with Gasteiger partial charge in [-0.2, -0.15) is 0 Å². The molecule has 2 aliphatic rings. The third-order valence-corrected chi connectivity index (χ3v) is 5.50. The van der Waals surface area contributed by atoms with Crippen molar-refractivity contribution in [2.75, 3.05) is 20.1 Å². The molecule has 26 heavy (non-hydrogen) atoms. The third-order valence-electron chi connectivity index (χ3n) is 5.50. The van der Waals surface area contributed by atoms with Crippen molar-refractivity contribution in [2.24, 2.45) is 5.41 Å². The maximum atomic E-state index is 13.3. The lowest BCUT2D eigenvalue weighted by atomic mass is 9.85. The van der Waals surface area contributed by atoms with Crippen LogP contribution in [0.5, 0.6) is 0 Å². The van der Waals surface area contributed by atoms with Crippen LogP contribution in [-0.2, 0) is 15.0 Å². The molecule has 2 fully saturated rings. The molecule has 0 unspecified atom stereocenters. The highest BCUT2D eigenvalue weighted by Crippen LogP contribution is 2.47. The van der Waals surface area contributed by atoms with Crippen molar-refractivity contribution in [2.45, 2.75) is 63.6 Å². The Morgan fingerprint density at radius 2 is 2.19 bits per heavy atom. The molecule has 144 valence electrons. The van der Waals surface area contributed by atoms with E-state index in [-0.39, 0.29) is 17.9 Å². The highest BCUT2D eigenvalue weighted by Gasteiger charge is 2.48. The first-order chi connectivity index (χ1) is 12.2. The molecule has 2 N–H and O–H groups in total. The summed E-state index contributed by atoms with van der Waals surface area (Å²) in [5.41, 5.74) is 0.512. The molecule has 0 bridgehead atoms. The Morgan fingerprint density at radius 3 is 2.73 bits per heavy atom. The van der Waals surface area contributed by atoms with Crippen molar-refractivity contribution in [3.05, 3.63) is 11.9 Å². The van der Waals surface area contributed by atoms with Crippen LogP contribution in [0.2, 0.25) is 0 Å². The fourth-order valence-corrected chi connectivity index (χ4v) is 3.92. The van der Waals surface area contributed by atoms with Gasteiger partial charge in [-0.05, 0) is 25.3 Å². The van der Waals surface area contributed by atoms with Gasteiger partial charge in [0.05, 0.1) is 17.8 Å². The minimum Gasteiger partial charge on any atom is -0.391 e. The zero-order chi connectivity index (χ0) is 19.1. The maximum Gasteiger partial charge on any atom is 0.248 e. The first kappa shape index (κ1) is 19.0. The fourth-order valence-electron chi connectivity index (χ4n) is 3.92. The number of amides is 1. The van der Waals surface area contributed by atoms with E-state index in [2.05, 4.69) is 15.6 Å². The number of β-amino-alcohol motifs (C(OH)–C–C–N with tert-alkyl or cyclic N) is 1. The van der Waals surface area contributed by atoms with Crippen LogP contribution in [-0.4, -0.2) is 69.5 Å². The third kappa shape index (κ3) is 3.40. The number of nitrogens with zero attached hydrogens (tertiary/aromatic N) is 4. The topological polar surface area (TPSA) is 100 Å². The molecule has 0 spiro atoms. The number of aromatic nitrogens is 3. The molecule has 2 heterocycles. The molecule has 8 nitrogen and oxygen atoms in total. The average molecular weight is 363 g/mol. The molecule has 8 heteroatoms. The van der Waals surface area contributed by atoms with Crippen LogP contribution in [0.4, 0.5) is 0 Å². The van der Waals surface area contributed by atoms with Crippen LogP contribution in [0.3, 0.4) is 0 Å². The lowest BCUT2D eigenvalue weighted by Gasteiger charge is -2.33. The Hall–Kier alpha value is -1.80. The van der Waals surface area contributed by atoms with Gasteiger partial charge >= 0.3 is 0 Å². The Labute approximate surface area is 153 Å². The van der Waals surface area contributed by atoms with Gasteiger partial charge < -0.3 is 20.1 Å². The SMILES string of the molecule is CNCC1(c2cn([C@H](C(=O)N3C[C@H](O)C[C@H]3C=O)C(C)(C)C)nn2)CC1. The molecule has 1 saturated heterocycles. The standard InChI is InChI=1S/C18H29N5O3/c1-17(2,3)15(16(26)22-8-13(25)7-12(22)10-24)23-9-14(20-21-23)18(5-6-18)11-19-4/h9-10,12-13,15,19,25H,5-8,11H2,1-4H3/t12-,13+,15+/m0/s1. The number of aliphatic hydroxyl groups excluding tert-OH is 1. The van der Waals surface area contributed by atoms with E-state index in [0.717, 1.165) is 31.4 Å². The summed E-state index contributed by atoms with van der Waals surface area (Å²) in [7, 11) is 1.92. The summed E-state index contributed by atoms with van der Waals surface area (Å²) in [6.07, 6.45) is 4.37. The Morgan fingerprint density at radius 1 is 1.50 bits per heavy atom. The fraction of sp³-hybridized carbons (Fsp3) is 0.778. The lowest BCUT2D eigenvalue weighted by Crippen LogP contribution is -2.45. The second kappa shape index (κ2) is 6.74. The van der Waals surface area contributed by atoms with Gasteiger partial charge in [0.25, 0.3) is 0 Å². The molecule has 0 radical (unpaired) electrons. The molecule has 3 rings (SSSR count). The van der Waals surface area contributed by atoms with E-state index in [4.69, 9.17) is 0 Å². The van der Waals surface area contributed by atoms with Crippen LogP contribution in [0.1, 0.15) is 51.8 Å². The van der Waals surface area contributed by atoms with Gasteiger partial charge in [-0.25, -0.2) is 4.68 Å². The summed E-state index contributed by atoms with van der Waals surface area (Å²) in [5, 5.41) is 21.7. The van der Waals surface area contributed by atoms with Gasteiger partial charge in [0.2, 0.25) is 5.91 Å². The molecule has 1 aliphatic heterocycles. The minimum atomic E-state index is -0.661. The molecule has 1 aliphatic carbocycles. The number of hydrogen-bond acceptors (Lipinski definition) is 6. The summed E-state index contributed by atoms with van der Waals surface area (Å²) in [6, 6.07) is -1.16. The van der Waals surface area contributed by atoms with E-state index >= 15 is 0 Å². The second-order valence-corrected chi connectivity index (χ2v) is 8.75. The number of likely N-dealkylation sites (tertiary alicyclic amines) is 1. The molecule has 0 aromatic carbocycles. The number of carbonyl (C=O) groups is 2. The monoisotopic (exact) mass is 363 g/mol. The largest absolute Gasteiger partial charge is 0.391 e. The Bertz CT molecular complexity index is 677. The number of hydrogen-bond donors (Lipinski definition) is 2. The normalized spacial score (nSPS) is 26.0. The molecule has 1 aromatic rings. The van der Waals surface area contributed by atoms with E-state index in [1.807, 2.05) is 34.0 Å². The molecular formula is C18H29N5O3. The summed E-state index contributed by atoms with van der Waals surface area (Å²) >= 11 is 0. The zero-order valence-electron chi connectivity index (χ0n) is 16.0.